The van der Waals surface area contributed by atoms with E-state index in [1.807, 2.05) is 12.1 Å². The van der Waals surface area contributed by atoms with Gasteiger partial charge in [0.25, 0.3) is 0 Å². The second kappa shape index (κ2) is 9.53. The monoisotopic (exact) mass is 454 g/mol. The lowest BCUT2D eigenvalue weighted by atomic mass is 10.2. The summed E-state index contributed by atoms with van der Waals surface area (Å²) in [5.41, 5.74) is 2.07. The molecule has 3 nitrogen and oxygen atoms in total. The van der Waals surface area contributed by atoms with Gasteiger partial charge in [-0.05, 0) is 59.7 Å². The summed E-state index contributed by atoms with van der Waals surface area (Å²) in [6, 6.07) is 17.2. The van der Waals surface area contributed by atoms with Gasteiger partial charge in [0.1, 0.15) is 19.0 Å². The molecule has 0 aliphatic rings. The van der Waals surface area contributed by atoms with Gasteiger partial charge in [-0.1, -0.05) is 58.5 Å². The maximum absolute atomic E-state index is 12.2. The van der Waals surface area contributed by atoms with Crippen molar-refractivity contribution in [1.82, 2.24) is 0 Å². The van der Waals surface area contributed by atoms with Crippen LogP contribution in [-0.2, 0) is 18.0 Å². The van der Waals surface area contributed by atoms with Crippen molar-refractivity contribution in [2.24, 2.45) is 0 Å². The van der Waals surface area contributed by atoms with Crippen LogP contribution in [0.4, 0.5) is 0 Å². The lowest BCUT2D eigenvalue weighted by Gasteiger charge is -2.09. The Morgan fingerprint density at radius 2 is 1.36 bits per heavy atom. The van der Waals surface area contributed by atoms with Crippen molar-refractivity contribution in [3.05, 3.63) is 97.4 Å². The molecule has 0 fully saturated rings. The van der Waals surface area contributed by atoms with Crippen LogP contribution in [0.15, 0.2) is 60.7 Å². The number of rotatable bonds is 6. The molecule has 3 rings (SSSR count). The third-order valence-electron chi connectivity index (χ3n) is 3.82. The standard InChI is InChI=1S/C21H14Cl4O3/c22-16-5-1-13(2-6-16)11-28-21(26)15-3-7-17(8-4-15)27-12-14-9-18(23)20(25)19(24)10-14/h1-10H,11-12H2. The first-order valence-corrected chi connectivity index (χ1v) is 9.71. The molecule has 0 amide bonds. The van der Waals surface area contributed by atoms with Gasteiger partial charge in [0.15, 0.2) is 0 Å². The molecule has 0 unspecified atom stereocenters. The normalized spacial score (nSPS) is 10.6. The van der Waals surface area contributed by atoms with E-state index in [0.717, 1.165) is 11.1 Å². The van der Waals surface area contributed by atoms with E-state index >= 15 is 0 Å². The summed E-state index contributed by atoms with van der Waals surface area (Å²) in [4.78, 5) is 12.2. The van der Waals surface area contributed by atoms with E-state index in [0.29, 0.717) is 31.4 Å². The number of esters is 1. The fourth-order valence-corrected chi connectivity index (χ4v) is 3.13. The lowest BCUT2D eigenvalue weighted by Crippen LogP contribution is -2.05. The van der Waals surface area contributed by atoms with Crippen molar-refractivity contribution >= 4 is 52.4 Å². The summed E-state index contributed by atoms with van der Waals surface area (Å²) in [6.45, 7) is 0.434. The molecule has 0 aromatic heterocycles. The van der Waals surface area contributed by atoms with Gasteiger partial charge >= 0.3 is 5.97 Å². The van der Waals surface area contributed by atoms with Gasteiger partial charge in [-0.2, -0.15) is 0 Å². The van der Waals surface area contributed by atoms with Crippen LogP contribution in [0.5, 0.6) is 5.75 Å². The van der Waals surface area contributed by atoms with E-state index < -0.39 is 5.97 Å². The van der Waals surface area contributed by atoms with Crippen LogP contribution in [0.25, 0.3) is 0 Å². The Morgan fingerprint density at radius 1 is 0.750 bits per heavy atom. The molecule has 3 aromatic rings. The van der Waals surface area contributed by atoms with Gasteiger partial charge in [-0.25, -0.2) is 4.79 Å². The Bertz CT molecular complexity index is 947. The van der Waals surface area contributed by atoms with Gasteiger partial charge in [-0.15, -0.1) is 0 Å². The van der Waals surface area contributed by atoms with Crippen molar-refractivity contribution in [2.75, 3.05) is 0 Å². The predicted molar refractivity (Wildman–Crippen MR) is 113 cm³/mol. The van der Waals surface area contributed by atoms with E-state index in [2.05, 4.69) is 0 Å². The Hall–Kier alpha value is -1.91. The van der Waals surface area contributed by atoms with Crippen LogP contribution in [0.1, 0.15) is 21.5 Å². The molecule has 0 radical (unpaired) electrons. The van der Waals surface area contributed by atoms with Gasteiger partial charge in [-0.3, -0.25) is 0 Å². The molecule has 0 saturated carbocycles. The topological polar surface area (TPSA) is 35.5 Å². The molecule has 0 N–H and O–H groups in total. The number of carbonyl (C=O) groups is 1. The molecular formula is C21H14Cl4O3. The molecule has 0 spiro atoms. The molecule has 0 atom stereocenters. The van der Waals surface area contributed by atoms with Gasteiger partial charge in [0.2, 0.25) is 0 Å². The summed E-state index contributed by atoms with van der Waals surface area (Å²) in [6.07, 6.45) is 0. The van der Waals surface area contributed by atoms with E-state index in [-0.39, 0.29) is 13.2 Å². The maximum atomic E-state index is 12.2. The smallest absolute Gasteiger partial charge is 0.338 e. The summed E-state index contributed by atoms with van der Waals surface area (Å²) in [7, 11) is 0. The highest BCUT2D eigenvalue weighted by Gasteiger charge is 2.09. The van der Waals surface area contributed by atoms with E-state index in [9.17, 15) is 4.79 Å². The first-order chi connectivity index (χ1) is 13.4. The number of hydrogen-bond acceptors (Lipinski definition) is 3. The summed E-state index contributed by atoms with van der Waals surface area (Å²) < 4.78 is 11.0. The number of halogens is 4. The summed E-state index contributed by atoms with van der Waals surface area (Å²) in [5.74, 6) is 0.175. The zero-order valence-corrected chi connectivity index (χ0v) is 17.4. The minimum absolute atomic E-state index is 0.173. The van der Waals surface area contributed by atoms with Crippen LogP contribution in [0, 0.1) is 0 Å². The number of hydrogen-bond donors (Lipinski definition) is 0. The Labute approximate surface area is 182 Å². The average molecular weight is 456 g/mol. The minimum atomic E-state index is -0.419. The molecule has 0 aliphatic heterocycles. The lowest BCUT2D eigenvalue weighted by molar-refractivity contribution is 0.0472. The number of benzene rings is 3. The van der Waals surface area contributed by atoms with Crippen molar-refractivity contribution in [3.63, 3.8) is 0 Å². The quantitative estimate of drug-likeness (QED) is 0.290. The second-order valence-corrected chi connectivity index (χ2v) is 7.52. The fraction of sp³-hybridized carbons (Fsp3) is 0.0952. The van der Waals surface area contributed by atoms with Crippen LogP contribution in [0.2, 0.25) is 20.1 Å². The molecule has 28 heavy (non-hydrogen) atoms. The van der Waals surface area contributed by atoms with Gasteiger partial charge in [0, 0.05) is 5.02 Å². The summed E-state index contributed by atoms with van der Waals surface area (Å²) >= 11 is 23.8. The Morgan fingerprint density at radius 3 is 1.96 bits per heavy atom. The SMILES string of the molecule is O=C(OCc1ccc(Cl)cc1)c1ccc(OCc2cc(Cl)c(Cl)c(Cl)c2)cc1. The van der Waals surface area contributed by atoms with Crippen LogP contribution >= 0.6 is 46.4 Å². The Balaban J connectivity index is 1.55. The van der Waals surface area contributed by atoms with Crippen molar-refractivity contribution < 1.29 is 14.3 Å². The first-order valence-electron chi connectivity index (χ1n) is 8.20. The highest BCUT2D eigenvalue weighted by molar-refractivity contribution is 6.48. The highest BCUT2D eigenvalue weighted by Crippen LogP contribution is 2.31. The van der Waals surface area contributed by atoms with Crippen LogP contribution < -0.4 is 4.74 Å². The maximum Gasteiger partial charge on any atom is 0.338 e. The number of ether oxygens (including phenoxy) is 2. The average Bonchev–Trinajstić information content (AvgIpc) is 2.70. The molecular weight excluding hydrogens is 442 g/mol. The zero-order chi connectivity index (χ0) is 20.1. The molecule has 0 saturated heterocycles. The third kappa shape index (κ3) is 5.55. The highest BCUT2D eigenvalue weighted by atomic mass is 35.5. The zero-order valence-electron chi connectivity index (χ0n) is 14.4. The van der Waals surface area contributed by atoms with Crippen LogP contribution in [0.3, 0.4) is 0 Å². The van der Waals surface area contributed by atoms with Gasteiger partial charge in [0.05, 0.1) is 20.6 Å². The predicted octanol–water partition coefficient (Wildman–Crippen LogP) is 7.24. The molecule has 0 bridgehead atoms. The largest absolute Gasteiger partial charge is 0.489 e. The molecule has 0 aliphatic carbocycles. The Kier molecular flexibility index (Phi) is 7.08. The third-order valence-corrected chi connectivity index (χ3v) is 5.27. The van der Waals surface area contributed by atoms with E-state index in [1.165, 1.54) is 0 Å². The molecule has 144 valence electrons. The van der Waals surface area contributed by atoms with E-state index in [1.54, 1.807) is 48.5 Å². The minimum Gasteiger partial charge on any atom is -0.489 e. The summed E-state index contributed by atoms with van der Waals surface area (Å²) in [5, 5.41) is 1.68. The van der Waals surface area contributed by atoms with E-state index in [4.69, 9.17) is 55.9 Å². The first kappa shape index (κ1) is 20.8. The molecule has 3 aromatic carbocycles. The molecule has 7 heteroatoms. The van der Waals surface area contributed by atoms with Crippen molar-refractivity contribution in [1.29, 1.82) is 0 Å². The van der Waals surface area contributed by atoms with Crippen molar-refractivity contribution in [2.45, 2.75) is 13.2 Å². The van der Waals surface area contributed by atoms with Gasteiger partial charge < -0.3 is 9.47 Å². The molecule has 0 heterocycles. The fourth-order valence-electron chi connectivity index (χ4n) is 2.36. The second-order valence-electron chi connectivity index (χ2n) is 5.89. The number of carbonyl (C=O) groups excluding carboxylic acids is 1. The van der Waals surface area contributed by atoms with Crippen LogP contribution in [-0.4, -0.2) is 5.97 Å². The van der Waals surface area contributed by atoms with Crippen molar-refractivity contribution in [3.8, 4) is 5.75 Å².